The van der Waals surface area contributed by atoms with Crippen molar-refractivity contribution in [2.45, 2.75) is 76.1 Å². The Hall–Kier alpha value is -2.65. The van der Waals surface area contributed by atoms with E-state index in [0.717, 1.165) is 25.3 Å². The molecule has 2 aliphatic heterocycles. The number of carbonyl (C=O) groups is 2. The van der Waals surface area contributed by atoms with E-state index in [4.69, 9.17) is 4.74 Å². The van der Waals surface area contributed by atoms with Crippen LogP contribution in [0.25, 0.3) is 0 Å². The summed E-state index contributed by atoms with van der Waals surface area (Å²) in [5.74, 6) is -0.0999. The molecule has 2 fully saturated rings. The molecule has 3 heterocycles. The van der Waals surface area contributed by atoms with E-state index in [1.54, 1.807) is 25.7 Å². The number of nitrogens with one attached hydrogen (secondary N) is 1. The maximum atomic E-state index is 13.2. The average molecular weight is 452 g/mol. The number of alkyl halides is 3. The van der Waals surface area contributed by atoms with E-state index in [1.807, 2.05) is 0 Å². The van der Waals surface area contributed by atoms with E-state index in [9.17, 15) is 22.8 Å². The molecule has 1 aromatic heterocycles. The third kappa shape index (κ3) is 4.31. The summed E-state index contributed by atoms with van der Waals surface area (Å²) in [5.41, 5.74) is -1.80. The molecule has 1 aromatic rings. The third-order valence-electron chi connectivity index (χ3n) is 6.18. The number of ether oxygens (including phenoxy) is 1. The molecule has 7 nitrogen and oxygen atoms in total. The van der Waals surface area contributed by atoms with Crippen LogP contribution >= 0.6 is 0 Å². The van der Waals surface area contributed by atoms with Crippen LogP contribution in [0.15, 0.2) is 17.1 Å². The Morgan fingerprint density at radius 2 is 1.84 bits per heavy atom. The highest BCUT2D eigenvalue weighted by atomic mass is 19.4. The number of amidine groups is 1. The Morgan fingerprint density at radius 3 is 2.38 bits per heavy atom. The highest BCUT2D eigenvalue weighted by Gasteiger charge is 2.48. The van der Waals surface area contributed by atoms with Crippen LogP contribution in [0.1, 0.15) is 75.7 Å². The number of amides is 2. The molecule has 2 amide bonds. The first kappa shape index (κ1) is 22.5. The van der Waals surface area contributed by atoms with Crippen LogP contribution in [0.2, 0.25) is 0 Å². The predicted octanol–water partition coefficient (Wildman–Crippen LogP) is 4.01. The molecule has 32 heavy (non-hydrogen) atoms. The zero-order valence-electron chi connectivity index (χ0n) is 18.4. The summed E-state index contributed by atoms with van der Waals surface area (Å²) in [6, 6.07) is 2.29. The van der Waals surface area contributed by atoms with Gasteiger partial charge in [0.2, 0.25) is 0 Å². The van der Waals surface area contributed by atoms with E-state index in [2.05, 4.69) is 15.3 Å². The second kappa shape index (κ2) is 7.74. The van der Waals surface area contributed by atoms with Gasteiger partial charge in [-0.3, -0.25) is 9.79 Å². The molecule has 0 radical (unpaired) electrons. The standard InChI is InChI=1S/C22H27F3N4O3/c1-20(2,3)32-19(31)29-11-9-21(10-12-29)18(30)27-17(28-21)14-7-8-15(22(23,24)25)26-16(14)13-5-4-6-13/h7-8,13H,4-6,9-12H2,1-3H3,(H,27,28,30). The molecule has 1 saturated heterocycles. The van der Waals surface area contributed by atoms with Gasteiger partial charge in [0.1, 0.15) is 22.7 Å². The number of likely N-dealkylation sites (tertiary alicyclic amines) is 1. The van der Waals surface area contributed by atoms with Gasteiger partial charge in [0, 0.05) is 24.6 Å². The summed E-state index contributed by atoms with van der Waals surface area (Å²) in [5, 5.41) is 2.77. The normalized spacial score (nSPS) is 21.2. The van der Waals surface area contributed by atoms with E-state index < -0.39 is 29.1 Å². The van der Waals surface area contributed by atoms with Gasteiger partial charge in [-0.05, 0) is 58.6 Å². The topological polar surface area (TPSA) is 83.9 Å². The molecule has 1 saturated carbocycles. The smallest absolute Gasteiger partial charge is 0.433 e. The first-order valence-electron chi connectivity index (χ1n) is 10.9. The number of aliphatic imine (C=N–C) groups is 1. The van der Waals surface area contributed by atoms with Crippen LogP contribution in [0, 0.1) is 0 Å². The van der Waals surface area contributed by atoms with E-state index in [0.29, 0.717) is 37.2 Å². The number of aromatic nitrogens is 1. The highest BCUT2D eigenvalue weighted by Crippen LogP contribution is 2.40. The number of piperidine rings is 1. The Morgan fingerprint density at radius 1 is 1.19 bits per heavy atom. The molecular weight excluding hydrogens is 425 g/mol. The lowest BCUT2D eigenvalue weighted by molar-refractivity contribution is -0.141. The van der Waals surface area contributed by atoms with Crippen LogP contribution < -0.4 is 5.32 Å². The number of hydrogen-bond acceptors (Lipinski definition) is 5. The van der Waals surface area contributed by atoms with Crippen LogP contribution in [0.4, 0.5) is 18.0 Å². The van der Waals surface area contributed by atoms with Gasteiger partial charge in [-0.15, -0.1) is 0 Å². The lowest BCUT2D eigenvalue weighted by Gasteiger charge is -2.36. The Bertz CT molecular complexity index is 956. The predicted molar refractivity (Wildman–Crippen MR) is 110 cm³/mol. The summed E-state index contributed by atoms with van der Waals surface area (Å²) < 4.78 is 45.0. The quantitative estimate of drug-likeness (QED) is 0.735. The molecule has 0 unspecified atom stereocenters. The largest absolute Gasteiger partial charge is 0.444 e. The SMILES string of the molecule is CC(C)(C)OC(=O)N1CCC2(CC1)N=C(c1ccc(C(F)(F)F)nc1C1CCC1)NC2=O. The Balaban J connectivity index is 1.57. The summed E-state index contributed by atoms with van der Waals surface area (Å²) in [4.78, 5) is 35.3. The van der Waals surface area contributed by atoms with Crippen molar-refractivity contribution in [2.24, 2.45) is 4.99 Å². The first-order valence-corrected chi connectivity index (χ1v) is 10.9. The van der Waals surface area contributed by atoms with Gasteiger partial charge >= 0.3 is 12.3 Å². The lowest BCUT2D eigenvalue weighted by Crippen LogP contribution is -2.51. The number of carbonyl (C=O) groups excluding carboxylic acids is 2. The third-order valence-corrected chi connectivity index (χ3v) is 6.18. The van der Waals surface area contributed by atoms with Gasteiger partial charge in [-0.25, -0.2) is 9.78 Å². The minimum atomic E-state index is -4.53. The summed E-state index contributed by atoms with van der Waals surface area (Å²) in [6.07, 6.45) is -1.88. The molecule has 174 valence electrons. The molecule has 0 atom stereocenters. The second-order valence-corrected chi connectivity index (χ2v) is 9.67. The molecular formula is C22H27F3N4O3. The minimum absolute atomic E-state index is 0.0718. The fraction of sp³-hybridized carbons (Fsp3) is 0.636. The van der Waals surface area contributed by atoms with Crippen molar-refractivity contribution >= 4 is 17.8 Å². The monoisotopic (exact) mass is 452 g/mol. The molecule has 4 rings (SSSR count). The molecule has 0 aromatic carbocycles. The number of halogens is 3. The van der Waals surface area contributed by atoms with E-state index in [1.165, 1.54) is 6.07 Å². The summed E-state index contributed by atoms with van der Waals surface area (Å²) in [6.45, 7) is 5.97. The van der Waals surface area contributed by atoms with Crippen molar-refractivity contribution in [2.75, 3.05) is 13.1 Å². The fourth-order valence-corrected chi connectivity index (χ4v) is 4.19. The van der Waals surface area contributed by atoms with Gasteiger partial charge in [-0.2, -0.15) is 13.2 Å². The zero-order chi connectivity index (χ0) is 23.3. The van der Waals surface area contributed by atoms with Crippen molar-refractivity contribution in [1.82, 2.24) is 15.2 Å². The van der Waals surface area contributed by atoms with Crippen molar-refractivity contribution in [3.63, 3.8) is 0 Å². The van der Waals surface area contributed by atoms with Gasteiger partial charge in [0.05, 0.1) is 5.69 Å². The van der Waals surface area contributed by atoms with Crippen molar-refractivity contribution in [3.8, 4) is 0 Å². The van der Waals surface area contributed by atoms with Gasteiger partial charge in [0.25, 0.3) is 5.91 Å². The van der Waals surface area contributed by atoms with Crippen LogP contribution in [0.5, 0.6) is 0 Å². The van der Waals surface area contributed by atoms with Crippen LogP contribution in [-0.2, 0) is 15.7 Å². The molecule has 0 bridgehead atoms. The van der Waals surface area contributed by atoms with E-state index >= 15 is 0 Å². The molecule has 1 spiro atoms. The summed E-state index contributed by atoms with van der Waals surface area (Å²) in [7, 11) is 0. The van der Waals surface area contributed by atoms with Crippen molar-refractivity contribution < 1.29 is 27.5 Å². The zero-order valence-corrected chi connectivity index (χ0v) is 18.4. The fourth-order valence-electron chi connectivity index (χ4n) is 4.19. The second-order valence-electron chi connectivity index (χ2n) is 9.67. The maximum Gasteiger partial charge on any atom is 0.433 e. The molecule has 1 aliphatic carbocycles. The van der Waals surface area contributed by atoms with Crippen LogP contribution in [-0.4, -0.2) is 51.9 Å². The molecule has 10 heteroatoms. The van der Waals surface area contributed by atoms with E-state index in [-0.39, 0.29) is 17.7 Å². The van der Waals surface area contributed by atoms with Gasteiger partial charge in [-0.1, -0.05) is 6.42 Å². The lowest BCUT2D eigenvalue weighted by atomic mass is 9.80. The van der Waals surface area contributed by atoms with Crippen molar-refractivity contribution in [3.05, 3.63) is 29.1 Å². The number of pyridine rings is 1. The molecule has 3 aliphatic rings. The molecule has 1 N–H and O–H groups in total. The highest BCUT2D eigenvalue weighted by molar-refractivity contribution is 6.15. The number of rotatable bonds is 2. The Labute approximate surface area is 184 Å². The van der Waals surface area contributed by atoms with Crippen LogP contribution in [0.3, 0.4) is 0 Å². The van der Waals surface area contributed by atoms with Gasteiger partial charge < -0.3 is 15.0 Å². The maximum absolute atomic E-state index is 13.2. The number of hydrogen-bond donors (Lipinski definition) is 1. The number of nitrogens with zero attached hydrogens (tertiary/aromatic N) is 3. The average Bonchev–Trinajstić information content (AvgIpc) is 2.94. The van der Waals surface area contributed by atoms with Gasteiger partial charge in [0.15, 0.2) is 0 Å². The minimum Gasteiger partial charge on any atom is -0.444 e. The Kier molecular flexibility index (Phi) is 5.45. The van der Waals surface area contributed by atoms with Crippen molar-refractivity contribution in [1.29, 1.82) is 0 Å². The first-order chi connectivity index (χ1) is 14.9. The summed E-state index contributed by atoms with van der Waals surface area (Å²) >= 11 is 0.